The lowest BCUT2D eigenvalue weighted by atomic mass is 10.2. The van der Waals surface area contributed by atoms with E-state index in [0.717, 1.165) is 6.54 Å². The molecular formula is C13H17N3. The third-order valence-electron chi connectivity index (χ3n) is 2.29. The summed E-state index contributed by atoms with van der Waals surface area (Å²) in [6, 6.07) is 10.8. The van der Waals surface area contributed by atoms with Gasteiger partial charge in [-0.2, -0.15) is 5.10 Å². The van der Waals surface area contributed by atoms with Crippen molar-refractivity contribution in [3.8, 4) is 0 Å². The van der Waals surface area contributed by atoms with Crippen molar-refractivity contribution in [2.75, 3.05) is 5.32 Å². The third-order valence-corrected chi connectivity index (χ3v) is 2.29. The second-order valence-electron chi connectivity index (χ2n) is 4.20. The van der Waals surface area contributed by atoms with E-state index in [9.17, 15) is 0 Å². The minimum Gasteiger partial charge on any atom is -0.383 e. The van der Waals surface area contributed by atoms with E-state index in [0.29, 0.717) is 6.04 Å². The van der Waals surface area contributed by atoms with Crippen LogP contribution in [0.2, 0.25) is 0 Å². The van der Waals surface area contributed by atoms with Crippen LogP contribution in [0.4, 0.5) is 5.69 Å². The van der Waals surface area contributed by atoms with E-state index in [4.69, 9.17) is 0 Å². The van der Waals surface area contributed by atoms with Gasteiger partial charge in [-0.25, -0.2) is 0 Å². The smallest absolute Gasteiger partial charge is 0.0660 e. The minimum atomic E-state index is 0.458. The second kappa shape index (κ2) is 4.84. The molecular weight excluding hydrogens is 198 g/mol. The zero-order chi connectivity index (χ0) is 11.4. The maximum atomic E-state index is 4.20. The van der Waals surface area contributed by atoms with Crippen LogP contribution in [0.15, 0.2) is 42.7 Å². The van der Waals surface area contributed by atoms with Gasteiger partial charge in [-0.15, -0.1) is 0 Å². The molecule has 0 saturated carbocycles. The molecule has 0 amide bonds. The molecule has 0 atom stereocenters. The van der Waals surface area contributed by atoms with Crippen LogP contribution in [0.25, 0.3) is 0 Å². The molecule has 16 heavy (non-hydrogen) atoms. The minimum absolute atomic E-state index is 0.458. The van der Waals surface area contributed by atoms with E-state index in [1.54, 1.807) is 6.20 Å². The van der Waals surface area contributed by atoms with Gasteiger partial charge in [0.15, 0.2) is 0 Å². The Morgan fingerprint density at radius 2 is 2.19 bits per heavy atom. The summed E-state index contributed by atoms with van der Waals surface area (Å²) in [4.78, 5) is 0. The van der Waals surface area contributed by atoms with E-state index >= 15 is 0 Å². The average Bonchev–Trinajstić information content (AvgIpc) is 2.70. The van der Waals surface area contributed by atoms with Gasteiger partial charge in [-0.1, -0.05) is 12.1 Å². The van der Waals surface area contributed by atoms with Crippen LogP contribution in [0.1, 0.15) is 19.4 Å². The topological polar surface area (TPSA) is 29.9 Å². The summed E-state index contributed by atoms with van der Waals surface area (Å²) in [5.41, 5.74) is 2.43. The molecule has 0 spiro atoms. The second-order valence-corrected chi connectivity index (χ2v) is 4.20. The molecule has 0 saturated heterocycles. The molecule has 1 aromatic heterocycles. The Balaban J connectivity index is 2.10. The summed E-state index contributed by atoms with van der Waals surface area (Å²) in [7, 11) is 0. The fourth-order valence-electron chi connectivity index (χ4n) is 1.67. The molecule has 0 bridgehead atoms. The van der Waals surface area contributed by atoms with E-state index in [2.05, 4.69) is 48.5 Å². The summed E-state index contributed by atoms with van der Waals surface area (Å²) in [5.74, 6) is 0. The fraction of sp³-hybridized carbons (Fsp3) is 0.308. The number of rotatable bonds is 4. The summed E-state index contributed by atoms with van der Waals surface area (Å²) < 4.78 is 1.93. The van der Waals surface area contributed by atoms with Gasteiger partial charge in [-0.05, 0) is 37.6 Å². The van der Waals surface area contributed by atoms with Crippen molar-refractivity contribution in [1.82, 2.24) is 9.78 Å². The molecule has 0 aliphatic carbocycles. The summed E-state index contributed by atoms with van der Waals surface area (Å²) in [6.45, 7) is 5.10. The molecule has 1 aromatic carbocycles. The van der Waals surface area contributed by atoms with E-state index in [1.165, 1.54) is 11.3 Å². The van der Waals surface area contributed by atoms with Crippen LogP contribution in [0.5, 0.6) is 0 Å². The Morgan fingerprint density at radius 3 is 2.88 bits per heavy atom. The molecule has 0 radical (unpaired) electrons. The van der Waals surface area contributed by atoms with Gasteiger partial charge in [-0.3, -0.25) is 4.68 Å². The quantitative estimate of drug-likeness (QED) is 0.850. The molecule has 1 heterocycles. The summed E-state index contributed by atoms with van der Waals surface area (Å²) >= 11 is 0. The zero-order valence-corrected chi connectivity index (χ0v) is 9.72. The van der Waals surface area contributed by atoms with Gasteiger partial charge < -0.3 is 5.32 Å². The first-order valence-corrected chi connectivity index (χ1v) is 5.57. The first-order chi connectivity index (χ1) is 7.74. The number of hydrogen-bond donors (Lipinski definition) is 1. The van der Waals surface area contributed by atoms with Gasteiger partial charge in [0, 0.05) is 24.1 Å². The van der Waals surface area contributed by atoms with Gasteiger partial charge in [0.1, 0.15) is 0 Å². The number of anilines is 1. The van der Waals surface area contributed by atoms with Gasteiger partial charge in [0.2, 0.25) is 0 Å². The molecule has 0 aliphatic rings. The highest BCUT2D eigenvalue weighted by atomic mass is 15.3. The Morgan fingerprint density at radius 1 is 1.31 bits per heavy atom. The summed E-state index contributed by atoms with van der Waals surface area (Å²) in [5, 5.41) is 7.59. The Hall–Kier alpha value is -1.77. The number of benzene rings is 1. The van der Waals surface area contributed by atoms with Crippen LogP contribution in [0, 0.1) is 0 Å². The zero-order valence-electron chi connectivity index (χ0n) is 9.72. The first kappa shape index (κ1) is 10.7. The molecule has 2 aromatic rings. The van der Waals surface area contributed by atoms with Crippen LogP contribution in [-0.4, -0.2) is 15.8 Å². The lowest BCUT2D eigenvalue weighted by molar-refractivity contribution is 0.687. The SMILES string of the molecule is CC(C)Nc1cccc(Cn2cccn2)c1. The van der Waals surface area contributed by atoms with Crippen molar-refractivity contribution in [1.29, 1.82) is 0 Å². The van der Waals surface area contributed by atoms with Crippen molar-refractivity contribution < 1.29 is 0 Å². The molecule has 3 nitrogen and oxygen atoms in total. The molecule has 0 fully saturated rings. The number of nitrogens with one attached hydrogen (secondary N) is 1. The maximum absolute atomic E-state index is 4.20. The van der Waals surface area contributed by atoms with Crippen LogP contribution >= 0.6 is 0 Å². The third kappa shape index (κ3) is 2.86. The van der Waals surface area contributed by atoms with Crippen LogP contribution < -0.4 is 5.32 Å². The number of nitrogens with zero attached hydrogens (tertiary/aromatic N) is 2. The average molecular weight is 215 g/mol. The van der Waals surface area contributed by atoms with Gasteiger partial charge in [0.05, 0.1) is 6.54 Å². The predicted molar refractivity (Wildman–Crippen MR) is 66.5 cm³/mol. The van der Waals surface area contributed by atoms with Crippen molar-refractivity contribution in [2.24, 2.45) is 0 Å². The molecule has 0 unspecified atom stereocenters. The van der Waals surface area contributed by atoms with Crippen molar-refractivity contribution in [3.05, 3.63) is 48.3 Å². The Kier molecular flexibility index (Phi) is 3.25. The monoisotopic (exact) mass is 215 g/mol. The van der Waals surface area contributed by atoms with Gasteiger partial charge >= 0.3 is 0 Å². The highest BCUT2D eigenvalue weighted by molar-refractivity contribution is 5.46. The number of aromatic nitrogens is 2. The highest BCUT2D eigenvalue weighted by Gasteiger charge is 1.98. The van der Waals surface area contributed by atoms with E-state index in [1.807, 2.05) is 16.9 Å². The maximum Gasteiger partial charge on any atom is 0.0660 e. The van der Waals surface area contributed by atoms with E-state index in [-0.39, 0.29) is 0 Å². The lowest BCUT2D eigenvalue weighted by Crippen LogP contribution is -2.10. The number of hydrogen-bond acceptors (Lipinski definition) is 2. The standard InChI is InChI=1S/C13H17N3/c1-11(2)15-13-6-3-5-12(9-13)10-16-8-4-7-14-16/h3-9,11,15H,10H2,1-2H3. The van der Waals surface area contributed by atoms with E-state index < -0.39 is 0 Å². The highest BCUT2D eigenvalue weighted by Crippen LogP contribution is 2.12. The molecule has 84 valence electrons. The van der Waals surface area contributed by atoms with Crippen molar-refractivity contribution >= 4 is 5.69 Å². The normalized spacial score (nSPS) is 10.7. The first-order valence-electron chi connectivity index (χ1n) is 5.57. The molecule has 3 heteroatoms. The molecule has 1 N–H and O–H groups in total. The molecule has 0 aliphatic heterocycles. The largest absolute Gasteiger partial charge is 0.383 e. The van der Waals surface area contributed by atoms with Crippen LogP contribution in [0.3, 0.4) is 0 Å². The Labute approximate surface area is 96.1 Å². The summed E-state index contributed by atoms with van der Waals surface area (Å²) in [6.07, 6.45) is 3.78. The fourth-order valence-corrected chi connectivity index (χ4v) is 1.67. The van der Waals surface area contributed by atoms with Crippen molar-refractivity contribution in [2.45, 2.75) is 26.4 Å². The predicted octanol–water partition coefficient (Wildman–Crippen LogP) is 2.75. The van der Waals surface area contributed by atoms with Crippen molar-refractivity contribution in [3.63, 3.8) is 0 Å². The molecule has 2 rings (SSSR count). The lowest BCUT2D eigenvalue weighted by Gasteiger charge is -2.11. The Bertz CT molecular complexity index is 432. The van der Waals surface area contributed by atoms with Gasteiger partial charge in [0.25, 0.3) is 0 Å². The van der Waals surface area contributed by atoms with Crippen LogP contribution in [-0.2, 0) is 6.54 Å².